The van der Waals surface area contributed by atoms with E-state index >= 15 is 0 Å². The molecule has 3 heteroatoms. The third-order valence-corrected chi connectivity index (χ3v) is 3.78. The summed E-state index contributed by atoms with van der Waals surface area (Å²) in [6.45, 7) is 2.91. The average Bonchev–Trinajstić information content (AvgIpc) is 2.65. The number of nitrogens with zero attached hydrogens (tertiary/aromatic N) is 1. The molecule has 1 heterocycles. The van der Waals surface area contributed by atoms with Gasteiger partial charge in [-0.05, 0) is 37.1 Å². The Morgan fingerprint density at radius 2 is 2.00 bits per heavy atom. The number of ether oxygens (including phenoxy) is 1. The Hall–Kier alpha value is -1.06. The van der Waals surface area contributed by atoms with Crippen LogP contribution < -0.4 is 10.5 Å². The first kappa shape index (κ1) is 13.4. The number of hydrogen-bond acceptors (Lipinski definition) is 3. The maximum absolute atomic E-state index is 5.73. The molecule has 0 bridgehead atoms. The fraction of sp³-hybridized carbons (Fsp3) is 0.600. The molecule has 1 aliphatic heterocycles. The van der Waals surface area contributed by atoms with Gasteiger partial charge in [-0.25, -0.2) is 0 Å². The molecule has 1 unspecified atom stereocenters. The molecule has 0 aliphatic carbocycles. The fourth-order valence-electron chi connectivity index (χ4n) is 2.80. The van der Waals surface area contributed by atoms with Crippen molar-refractivity contribution in [3.63, 3.8) is 0 Å². The Morgan fingerprint density at radius 3 is 2.67 bits per heavy atom. The van der Waals surface area contributed by atoms with Crippen molar-refractivity contribution in [1.29, 1.82) is 0 Å². The highest BCUT2D eigenvalue weighted by atomic mass is 16.5. The summed E-state index contributed by atoms with van der Waals surface area (Å²) in [5, 5.41) is 0. The predicted octanol–water partition coefficient (Wildman–Crippen LogP) is 2.57. The van der Waals surface area contributed by atoms with Gasteiger partial charge in [-0.2, -0.15) is 0 Å². The van der Waals surface area contributed by atoms with Crippen LogP contribution in [0, 0.1) is 0 Å². The molecule has 1 atom stereocenters. The van der Waals surface area contributed by atoms with Gasteiger partial charge in [-0.15, -0.1) is 0 Å². The topological polar surface area (TPSA) is 38.5 Å². The summed E-state index contributed by atoms with van der Waals surface area (Å²) in [6.07, 6.45) is 5.20. The smallest absolute Gasteiger partial charge is 0.118 e. The van der Waals surface area contributed by atoms with E-state index < -0.39 is 0 Å². The number of methoxy groups -OCH3 is 1. The van der Waals surface area contributed by atoms with E-state index in [4.69, 9.17) is 10.5 Å². The second-order valence-electron chi connectivity index (χ2n) is 4.96. The third-order valence-electron chi connectivity index (χ3n) is 3.78. The molecule has 0 aromatic heterocycles. The van der Waals surface area contributed by atoms with Gasteiger partial charge < -0.3 is 10.5 Å². The molecule has 100 valence electrons. The van der Waals surface area contributed by atoms with Gasteiger partial charge in [0, 0.05) is 19.1 Å². The van der Waals surface area contributed by atoms with Crippen LogP contribution in [0.3, 0.4) is 0 Å². The average molecular weight is 248 g/mol. The van der Waals surface area contributed by atoms with E-state index in [2.05, 4.69) is 29.2 Å². The van der Waals surface area contributed by atoms with Crippen molar-refractivity contribution >= 4 is 0 Å². The normalized spacial score (nSPS) is 21.6. The summed E-state index contributed by atoms with van der Waals surface area (Å²) in [6, 6.07) is 9.03. The largest absolute Gasteiger partial charge is 0.497 e. The summed E-state index contributed by atoms with van der Waals surface area (Å²) < 4.78 is 5.22. The van der Waals surface area contributed by atoms with Crippen LogP contribution in [0.15, 0.2) is 24.3 Å². The molecular formula is C15H24N2O. The van der Waals surface area contributed by atoms with Crippen LogP contribution in [0.1, 0.15) is 37.3 Å². The molecule has 1 aliphatic rings. The molecule has 1 aromatic rings. The van der Waals surface area contributed by atoms with Gasteiger partial charge in [-0.1, -0.05) is 25.0 Å². The first-order valence-electron chi connectivity index (χ1n) is 6.93. The Morgan fingerprint density at radius 1 is 1.22 bits per heavy atom. The maximum atomic E-state index is 5.73. The quantitative estimate of drug-likeness (QED) is 0.890. The van der Waals surface area contributed by atoms with Crippen LogP contribution in [-0.4, -0.2) is 31.6 Å². The van der Waals surface area contributed by atoms with Gasteiger partial charge in [0.05, 0.1) is 7.11 Å². The van der Waals surface area contributed by atoms with Crippen molar-refractivity contribution in [2.45, 2.75) is 31.7 Å². The van der Waals surface area contributed by atoms with Crippen molar-refractivity contribution in [1.82, 2.24) is 4.90 Å². The van der Waals surface area contributed by atoms with Crippen LogP contribution in [0.4, 0.5) is 0 Å². The zero-order valence-corrected chi connectivity index (χ0v) is 11.3. The highest BCUT2D eigenvalue weighted by Crippen LogP contribution is 2.30. The van der Waals surface area contributed by atoms with E-state index in [0.717, 1.165) is 18.8 Å². The van der Waals surface area contributed by atoms with Crippen LogP contribution in [-0.2, 0) is 0 Å². The lowest BCUT2D eigenvalue weighted by Crippen LogP contribution is -2.33. The lowest BCUT2D eigenvalue weighted by Gasteiger charge is -2.30. The molecule has 0 saturated carbocycles. The minimum absolute atomic E-state index is 0.530. The second-order valence-corrected chi connectivity index (χ2v) is 4.96. The summed E-state index contributed by atoms with van der Waals surface area (Å²) in [5.41, 5.74) is 7.13. The Kier molecular flexibility index (Phi) is 5.02. The van der Waals surface area contributed by atoms with Crippen molar-refractivity contribution in [3.8, 4) is 5.75 Å². The zero-order chi connectivity index (χ0) is 12.8. The predicted molar refractivity (Wildman–Crippen MR) is 74.8 cm³/mol. The molecular weight excluding hydrogens is 224 g/mol. The Bertz CT molecular complexity index is 350. The monoisotopic (exact) mass is 248 g/mol. The van der Waals surface area contributed by atoms with Gasteiger partial charge in [0.15, 0.2) is 0 Å². The molecule has 1 aromatic carbocycles. The summed E-state index contributed by atoms with van der Waals surface area (Å²) >= 11 is 0. The molecule has 0 amide bonds. The van der Waals surface area contributed by atoms with Crippen LogP contribution in [0.2, 0.25) is 0 Å². The molecule has 0 spiro atoms. The number of benzene rings is 1. The fourth-order valence-corrected chi connectivity index (χ4v) is 2.80. The van der Waals surface area contributed by atoms with Crippen molar-refractivity contribution in [2.75, 3.05) is 26.7 Å². The van der Waals surface area contributed by atoms with Crippen molar-refractivity contribution in [3.05, 3.63) is 29.8 Å². The molecule has 2 N–H and O–H groups in total. The molecule has 0 radical (unpaired) electrons. The van der Waals surface area contributed by atoms with Crippen molar-refractivity contribution < 1.29 is 4.74 Å². The lowest BCUT2D eigenvalue weighted by atomic mass is 10.0. The Labute approximate surface area is 110 Å². The van der Waals surface area contributed by atoms with E-state index in [0.29, 0.717) is 6.04 Å². The summed E-state index contributed by atoms with van der Waals surface area (Å²) in [5.74, 6) is 0.928. The molecule has 1 saturated heterocycles. The van der Waals surface area contributed by atoms with Crippen LogP contribution in [0.25, 0.3) is 0 Å². The molecule has 2 rings (SSSR count). The Balaban J connectivity index is 2.14. The van der Waals surface area contributed by atoms with Crippen LogP contribution in [0.5, 0.6) is 5.75 Å². The van der Waals surface area contributed by atoms with E-state index in [1.54, 1.807) is 7.11 Å². The molecule has 18 heavy (non-hydrogen) atoms. The summed E-state index contributed by atoms with van der Waals surface area (Å²) in [7, 11) is 1.71. The minimum atomic E-state index is 0.530. The van der Waals surface area contributed by atoms with Crippen molar-refractivity contribution in [2.24, 2.45) is 5.73 Å². The first-order valence-corrected chi connectivity index (χ1v) is 6.93. The number of hydrogen-bond donors (Lipinski definition) is 1. The van der Waals surface area contributed by atoms with E-state index in [-0.39, 0.29) is 0 Å². The van der Waals surface area contributed by atoms with Crippen LogP contribution >= 0.6 is 0 Å². The van der Waals surface area contributed by atoms with E-state index in [1.807, 2.05) is 0 Å². The lowest BCUT2D eigenvalue weighted by molar-refractivity contribution is 0.207. The van der Waals surface area contributed by atoms with E-state index in [1.165, 1.54) is 37.8 Å². The van der Waals surface area contributed by atoms with Gasteiger partial charge in [0.25, 0.3) is 0 Å². The zero-order valence-electron chi connectivity index (χ0n) is 11.3. The highest BCUT2D eigenvalue weighted by Gasteiger charge is 2.21. The van der Waals surface area contributed by atoms with Gasteiger partial charge >= 0.3 is 0 Å². The first-order chi connectivity index (χ1) is 8.85. The SMILES string of the molecule is COc1ccc(C2CCCCCN2CCN)cc1. The summed E-state index contributed by atoms with van der Waals surface area (Å²) in [4.78, 5) is 2.54. The highest BCUT2D eigenvalue weighted by molar-refractivity contribution is 5.29. The van der Waals surface area contributed by atoms with Gasteiger partial charge in [0.1, 0.15) is 5.75 Å². The van der Waals surface area contributed by atoms with Gasteiger partial charge in [0.2, 0.25) is 0 Å². The second kappa shape index (κ2) is 6.76. The number of nitrogens with two attached hydrogens (primary N) is 1. The van der Waals surface area contributed by atoms with E-state index in [9.17, 15) is 0 Å². The number of rotatable bonds is 4. The molecule has 3 nitrogen and oxygen atoms in total. The minimum Gasteiger partial charge on any atom is -0.497 e. The maximum Gasteiger partial charge on any atom is 0.118 e. The third kappa shape index (κ3) is 3.24. The standard InChI is InChI=1S/C15H24N2O/c1-18-14-8-6-13(7-9-14)15-5-3-2-4-11-17(15)12-10-16/h6-9,15H,2-5,10-12,16H2,1H3. The number of likely N-dealkylation sites (tertiary alicyclic amines) is 1. The molecule has 1 fully saturated rings. The van der Waals surface area contributed by atoms with Gasteiger partial charge in [-0.3, -0.25) is 4.90 Å².